The van der Waals surface area contributed by atoms with Crippen LogP contribution in [0, 0.1) is 0 Å². The summed E-state index contributed by atoms with van der Waals surface area (Å²) < 4.78 is 5.47. The van der Waals surface area contributed by atoms with E-state index in [2.05, 4.69) is 31.3 Å². The molecule has 0 heterocycles. The fourth-order valence-electron chi connectivity index (χ4n) is 10.4. The van der Waals surface area contributed by atoms with Gasteiger partial charge in [-0.15, -0.1) is 0 Å². The Morgan fingerprint density at radius 2 is 0.644 bits per heavy atom. The van der Waals surface area contributed by atoms with Crippen molar-refractivity contribution in [3.05, 3.63) is 24.3 Å². The van der Waals surface area contributed by atoms with E-state index in [1.807, 2.05) is 6.08 Å². The number of carbonyl (C=O) groups excluding carboxylic acids is 2. The van der Waals surface area contributed by atoms with Gasteiger partial charge in [0.05, 0.1) is 25.4 Å². The second-order valence-corrected chi connectivity index (χ2v) is 22.8. The summed E-state index contributed by atoms with van der Waals surface area (Å²) >= 11 is 0. The van der Waals surface area contributed by atoms with Gasteiger partial charge in [0, 0.05) is 12.8 Å². The van der Waals surface area contributed by atoms with E-state index in [-0.39, 0.29) is 18.5 Å². The first-order chi connectivity index (χ1) is 36.0. The summed E-state index contributed by atoms with van der Waals surface area (Å²) in [6.45, 7) is 4.93. The molecule has 432 valence electrons. The topological polar surface area (TPSA) is 95.9 Å². The third-order valence-corrected chi connectivity index (χ3v) is 15.5. The average Bonchev–Trinajstić information content (AvgIpc) is 3.39. The van der Waals surface area contributed by atoms with Crippen LogP contribution in [0.25, 0.3) is 0 Å². The monoisotopic (exact) mass is 1030 g/mol. The van der Waals surface area contributed by atoms with Gasteiger partial charge >= 0.3 is 5.97 Å². The zero-order valence-electron chi connectivity index (χ0n) is 49.4. The predicted octanol–water partition coefficient (Wildman–Crippen LogP) is 21.0. The fourth-order valence-corrected chi connectivity index (χ4v) is 10.4. The van der Waals surface area contributed by atoms with Crippen molar-refractivity contribution in [2.75, 3.05) is 13.2 Å². The van der Waals surface area contributed by atoms with E-state index in [0.29, 0.717) is 19.4 Å². The van der Waals surface area contributed by atoms with E-state index in [1.165, 1.54) is 302 Å². The van der Waals surface area contributed by atoms with Crippen LogP contribution in [0.4, 0.5) is 0 Å². The molecule has 0 aromatic heterocycles. The molecule has 0 bridgehead atoms. The minimum Gasteiger partial charge on any atom is -0.466 e. The number of amides is 1. The number of hydrogen-bond acceptors (Lipinski definition) is 5. The minimum absolute atomic E-state index is 0.0122. The van der Waals surface area contributed by atoms with Crippen molar-refractivity contribution < 1.29 is 24.5 Å². The van der Waals surface area contributed by atoms with Gasteiger partial charge in [-0.25, -0.2) is 0 Å². The summed E-state index contributed by atoms with van der Waals surface area (Å²) in [5.74, 6) is -0.0567. The molecule has 1 amide bonds. The molecule has 73 heavy (non-hydrogen) atoms. The van der Waals surface area contributed by atoms with Gasteiger partial charge in [0.25, 0.3) is 0 Å². The Hall–Kier alpha value is -1.66. The lowest BCUT2D eigenvalue weighted by molar-refractivity contribution is -0.143. The molecule has 0 radical (unpaired) electrons. The van der Waals surface area contributed by atoms with Gasteiger partial charge < -0.3 is 20.3 Å². The Balaban J connectivity index is 3.44. The Morgan fingerprint density at radius 1 is 0.370 bits per heavy atom. The average molecular weight is 1030 g/mol. The molecular weight excluding hydrogens is 899 g/mol. The molecule has 0 spiro atoms. The summed E-state index contributed by atoms with van der Waals surface area (Å²) in [5.41, 5.74) is 0. The summed E-state index contributed by atoms with van der Waals surface area (Å²) in [6.07, 6.45) is 78.1. The maximum absolute atomic E-state index is 12.5. The zero-order chi connectivity index (χ0) is 52.9. The lowest BCUT2D eigenvalue weighted by Gasteiger charge is -2.20. The number of ether oxygens (including phenoxy) is 1. The highest BCUT2D eigenvalue weighted by Gasteiger charge is 2.18. The molecule has 0 saturated carbocycles. The standard InChI is InChI=1S/C67H129NO5/c1-3-5-7-9-11-13-15-16-17-18-19-24-27-30-33-36-40-43-47-51-55-59-65(70)64(63-69)68-66(71)60-56-52-48-44-41-37-34-31-28-25-22-20-21-23-26-29-32-35-38-42-46-50-54-58-62-73-67(72)61-57-53-49-45-39-14-12-10-8-6-4-2/h22,25,55,59,64-65,69-70H,3-21,23-24,26-54,56-58,60-63H2,1-2H3,(H,68,71)/b25-22-,59-55+. The number of nitrogens with one attached hydrogen (secondary N) is 1. The van der Waals surface area contributed by atoms with Gasteiger partial charge in [0.15, 0.2) is 0 Å². The van der Waals surface area contributed by atoms with Gasteiger partial charge in [-0.05, 0) is 57.8 Å². The first-order valence-corrected chi connectivity index (χ1v) is 33.1. The minimum atomic E-state index is -0.848. The molecule has 0 rings (SSSR count). The fraction of sp³-hybridized carbons (Fsp3) is 0.910. The lowest BCUT2D eigenvalue weighted by atomic mass is 10.0. The third kappa shape index (κ3) is 59.4. The number of aliphatic hydroxyl groups excluding tert-OH is 2. The van der Waals surface area contributed by atoms with E-state index in [4.69, 9.17) is 4.74 Å². The summed E-state index contributed by atoms with van der Waals surface area (Å²) in [4.78, 5) is 24.5. The summed E-state index contributed by atoms with van der Waals surface area (Å²) in [5, 5.41) is 23.2. The van der Waals surface area contributed by atoms with Crippen molar-refractivity contribution in [2.24, 2.45) is 0 Å². The van der Waals surface area contributed by atoms with Crippen molar-refractivity contribution in [3.63, 3.8) is 0 Å². The summed E-state index contributed by atoms with van der Waals surface area (Å²) in [7, 11) is 0. The number of aliphatic hydroxyl groups is 2. The highest BCUT2D eigenvalue weighted by Crippen LogP contribution is 2.18. The smallest absolute Gasteiger partial charge is 0.305 e. The molecule has 6 heteroatoms. The normalized spacial score (nSPS) is 12.7. The first kappa shape index (κ1) is 71.3. The van der Waals surface area contributed by atoms with Gasteiger partial charge in [0.2, 0.25) is 5.91 Å². The van der Waals surface area contributed by atoms with E-state index >= 15 is 0 Å². The van der Waals surface area contributed by atoms with Crippen LogP contribution < -0.4 is 5.32 Å². The molecule has 0 aliphatic carbocycles. The number of carbonyl (C=O) groups is 2. The van der Waals surface area contributed by atoms with Crippen molar-refractivity contribution in [1.29, 1.82) is 0 Å². The SMILES string of the molecule is CCCCCCCCCCCCCCCCCCCCC/C=C/C(O)C(CO)NC(=O)CCCCCCCCCC/C=C\CCCCCCCCCCCCCCOC(=O)CCCCCCCCCCCCC. The Labute approximate surface area is 456 Å². The Kier molecular flexibility index (Phi) is 61.4. The molecule has 2 unspecified atom stereocenters. The number of esters is 1. The molecule has 0 saturated heterocycles. The second kappa shape index (κ2) is 62.9. The van der Waals surface area contributed by atoms with Crippen LogP contribution in [-0.2, 0) is 14.3 Å². The van der Waals surface area contributed by atoms with E-state index in [0.717, 1.165) is 38.5 Å². The maximum Gasteiger partial charge on any atom is 0.305 e. The first-order valence-electron chi connectivity index (χ1n) is 33.1. The molecule has 0 aliphatic heterocycles. The zero-order valence-corrected chi connectivity index (χ0v) is 49.4. The van der Waals surface area contributed by atoms with Crippen LogP contribution in [0.3, 0.4) is 0 Å². The van der Waals surface area contributed by atoms with Crippen molar-refractivity contribution in [1.82, 2.24) is 5.32 Å². The molecular formula is C67H129NO5. The summed E-state index contributed by atoms with van der Waals surface area (Å²) in [6, 6.07) is -0.632. The molecule has 2 atom stereocenters. The van der Waals surface area contributed by atoms with Crippen molar-refractivity contribution in [2.45, 2.75) is 379 Å². The lowest BCUT2D eigenvalue weighted by Crippen LogP contribution is -2.45. The number of rotatable bonds is 62. The van der Waals surface area contributed by atoms with Gasteiger partial charge in [-0.3, -0.25) is 9.59 Å². The van der Waals surface area contributed by atoms with Crippen LogP contribution in [0.2, 0.25) is 0 Å². The van der Waals surface area contributed by atoms with Crippen molar-refractivity contribution in [3.8, 4) is 0 Å². The van der Waals surface area contributed by atoms with Crippen LogP contribution in [0.5, 0.6) is 0 Å². The number of unbranched alkanes of at least 4 members (excludes halogenated alkanes) is 49. The van der Waals surface area contributed by atoms with Gasteiger partial charge in [0.1, 0.15) is 0 Å². The van der Waals surface area contributed by atoms with Gasteiger partial charge in [-0.1, -0.05) is 321 Å². The highest BCUT2D eigenvalue weighted by molar-refractivity contribution is 5.76. The third-order valence-electron chi connectivity index (χ3n) is 15.5. The van der Waals surface area contributed by atoms with Crippen LogP contribution in [-0.4, -0.2) is 47.4 Å². The molecule has 0 fully saturated rings. The van der Waals surface area contributed by atoms with Gasteiger partial charge in [-0.2, -0.15) is 0 Å². The molecule has 0 aliphatic rings. The number of allylic oxidation sites excluding steroid dienone is 3. The molecule has 6 nitrogen and oxygen atoms in total. The van der Waals surface area contributed by atoms with Crippen LogP contribution in [0.15, 0.2) is 24.3 Å². The largest absolute Gasteiger partial charge is 0.466 e. The predicted molar refractivity (Wildman–Crippen MR) is 320 cm³/mol. The highest BCUT2D eigenvalue weighted by atomic mass is 16.5. The van der Waals surface area contributed by atoms with E-state index < -0.39 is 12.1 Å². The van der Waals surface area contributed by atoms with Crippen LogP contribution in [0.1, 0.15) is 367 Å². The Bertz CT molecular complexity index is 1140. The van der Waals surface area contributed by atoms with Crippen molar-refractivity contribution >= 4 is 11.9 Å². The van der Waals surface area contributed by atoms with E-state index in [9.17, 15) is 19.8 Å². The second-order valence-electron chi connectivity index (χ2n) is 22.8. The van der Waals surface area contributed by atoms with E-state index in [1.54, 1.807) is 6.08 Å². The molecule has 0 aromatic carbocycles. The molecule has 3 N–H and O–H groups in total. The quantitative estimate of drug-likeness (QED) is 0.0320. The van der Waals surface area contributed by atoms with Crippen LogP contribution >= 0.6 is 0 Å². The Morgan fingerprint density at radius 3 is 0.973 bits per heavy atom. The maximum atomic E-state index is 12.5. The molecule has 0 aromatic rings. The number of hydrogen-bond donors (Lipinski definition) is 3.